The minimum Gasteiger partial charge on any atom is -0.481 e. The summed E-state index contributed by atoms with van der Waals surface area (Å²) in [5.41, 5.74) is 11.4. The molecule has 9 N–H and O–H groups in total. The first kappa shape index (κ1) is 28.3. The Morgan fingerprint density at radius 3 is 1.84 bits per heavy atom. The van der Waals surface area contributed by atoms with Crippen LogP contribution in [0.25, 0.3) is 0 Å². The van der Waals surface area contributed by atoms with E-state index >= 15 is 0 Å². The van der Waals surface area contributed by atoms with E-state index in [-0.39, 0.29) is 24.8 Å². The summed E-state index contributed by atoms with van der Waals surface area (Å²) in [6, 6.07) is -4.69. The Labute approximate surface area is 181 Å². The maximum Gasteiger partial charge on any atom is 0.326 e. The molecule has 0 saturated carbocycles. The topological polar surface area (TPSA) is 214 Å². The smallest absolute Gasteiger partial charge is 0.326 e. The second kappa shape index (κ2) is 13.5. The van der Waals surface area contributed by atoms with Crippen LogP contribution < -0.4 is 27.4 Å². The third kappa shape index (κ3) is 9.75. The molecule has 0 bridgehead atoms. The second-order valence-corrected chi connectivity index (χ2v) is 7.78. The van der Waals surface area contributed by atoms with Gasteiger partial charge in [0.15, 0.2) is 0 Å². The molecule has 178 valence electrons. The Morgan fingerprint density at radius 1 is 0.871 bits per heavy atom. The zero-order valence-electron chi connectivity index (χ0n) is 18.4. The Balaban J connectivity index is 5.35. The van der Waals surface area contributed by atoms with Crippen LogP contribution in [-0.4, -0.2) is 70.6 Å². The van der Waals surface area contributed by atoms with Gasteiger partial charge in [-0.3, -0.25) is 19.2 Å². The summed E-state index contributed by atoms with van der Waals surface area (Å²) in [4.78, 5) is 59.6. The summed E-state index contributed by atoms with van der Waals surface area (Å²) in [6.45, 7) is 7.09. The van der Waals surface area contributed by atoms with Crippen molar-refractivity contribution in [2.75, 3.05) is 6.54 Å². The summed E-state index contributed by atoms with van der Waals surface area (Å²) in [5, 5.41) is 25.0. The summed E-state index contributed by atoms with van der Waals surface area (Å²) < 4.78 is 0. The molecule has 0 aromatic rings. The minimum absolute atomic E-state index is 0.00731. The zero-order valence-corrected chi connectivity index (χ0v) is 18.4. The van der Waals surface area contributed by atoms with Crippen molar-refractivity contribution in [2.24, 2.45) is 23.3 Å². The highest BCUT2D eigenvalue weighted by Gasteiger charge is 2.32. The van der Waals surface area contributed by atoms with Crippen LogP contribution in [0.4, 0.5) is 0 Å². The van der Waals surface area contributed by atoms with Gasteiger partial charge in [0.1, 0.15) is 18.1 Å². The van der Waals surface area contributed by atoms with Gasteiger partial charge in [-0.2, -0.15) is 0 Å². The van der Waals surface area contributed by atoms with Gasteiger partial charge in [0.2, 0.25) is 17.7 Å². The van der Waals surface area contributed by atoms with Gasteiger partial charge in [0.05, 0.1) is 12.5 Å². The predicted octanol–water partition coefficient (Wildman–Crippen LogP) is -1.62. The summed E-state index contributed by atoms with van der Waals surface area (Å²) in [7, 11) is 0. The number of amides is 3. The van der Waals surface area contributed by atoms with Crippen LogP contribution in [0.1, 0.15) is 47.0 Å². The summed E-state index contributed by atoms with van der Waals surface area (Å²) in [6.07, 6.45) is -0.183. The number of nitrogens with one attached hydrogen (secondary N) is 3. The molecule has 0 fully saturated rings. The highest BCUT2D eigenvalue weighted by molar-refractivity contribution is 5.94. The van der Waals surface area contributed by atoms with E-state index in [9.17, 15) is 24.0 Å². The van der Waals surface area contributed by atoms with Crippen molar-refractivity contribution in [1.82, 2.24) is 16.0 Å². The maximum atomic E-state index is 12.8. The van der Waals surface area contributed by atoms with Crippen molar-refractivity contribution in [2.45, 2.75) is 71.1 Å². The molecule has 0 heterocycles. The molecule has 3 amide bonds. The molecule has 0 unspecified atom stereocenters. The highest BCUT2D eigenvalue weighted by Crippen LogP contribution is 2.09. The minimum atomic E-state index is -1.67. The molecular weight excluding hydrogens is 410 g/mol. The Hall–Kier alpha value is -2.73. The molecule has 31 heavy (non-hydrogen) atoms. The fraction of sp³-hybridized carbons (Fsp3) is 0.737. The quantitative estimate of drug-likeness (QED) is 0.163. The van der Waals surface area contributed by atoms with Crippen LogP contribution in [-0.2, 0) is 24.0 Å². The third-order valence-electron chi connectivity index (χ3n) is 4.89. The fourth-order valence-electron chi connectivity index (χ4n) is 2.64. The average molecular weight is 446 g/mol. The van der Waals surface area contributed by atoms with E-state index in [1.54, 1.807) is 13.8 Å². The van der Waals surface area contributed by atoms with Gasteiger partial charge in [-0.05, 0) is 24.8 Å². The molecule has 0 aliphatic rings. The summed E-state index contributed by atoms with van der Waals surface area (Å²) in [5.74, 6) is -5.44. The Kier molecular flexibility index (Phi) is 12.4. The van der Waals surface area contributed by atoms with E-state index in [4.69, 9.17) is 21.7 Å². The van der Waals surface area contributed by atoms with Gasteiger partial charge in [0.25, 0.3) is 0 Å². The number of carboxylic acid groups (broad SMARTS) is 2. The Bertz CT molecular complexity index is 656. The van der Waals surface area contributed by atoms with E-state index in [0.717, 1.165) is 0 Å². The van der Waals surface area contributed by atoms with Crippen LogP contribution in [0, 0.1) is 11.8 Å². The van der Waals surface area contributed by atoms with E-state index in [2.05, 4.69) is 16.0 Å². The highest BCUT2D eigenvalue weighted by atomic mass is 16.4. The molecule has 0 aliphatic heterocycles. The lowest BCUT2D eigenvalue weighted by Crippen LogP contribution is -2.59. The van der Waals surface area contributed by atoms with Gasteiger partial charge in [-0.15, -0.1) is 0 Å². The van der Waals surface area contributed by atoms with Gasteiger partial charge < -0.3 is 37.6 Å². The lowest BCUT2D eigenvalue weighted by atomic mass is 9.97. The van der Waals surface area contributed by atoms with E-state index < -0.39 is 60.2 Å². The van der Waals surface area contributed by atoms with Gasteiger partial charge in [-0.25, -0.2) is 4.79 Å². The first-order chi connectivity index (χ1) is 14.3. The van der Waals surface area contributed by atoms with Gasteiger partial charge in [0, 0.05) is 0 Å². The molecule has 0 aromatic heterocycles. The maximum absolute atomic E-state index is 12.8. The summed E-state index contributed by atoms with van der Waals surface area (Å²) >= 11 is 0. The molecule has 0 spiro atoms. The first-order valence-electron chi connectivity index (χ1n) is 10.2. The monoisotopic (exact) mass is 445 g/mol. The molecule has 0 aromatic carbocycles. The van der Waals surface area contributed by atoms with Crippen molar-refractivity contribution >= 4 is 29.7 Å². The van der Waals surface area contributed by atoms with Crippen LogP contribution in [0.2, 0.25) is 0 Å². The number of carboxylic acids is 2. The lowest BCUT2D eigenvalue weighted by molar-refractivity contribution is -0.147. The fourth-order valence-corrected chi connectivity index (χ4v) is 2.64. The standard InChI is InChI=1S/C19H35N5O7/c1-5-10(4)14(21)17(28)24-15(9(2)3)18(29)22-11(6-7-20)16(27)23-12(19(30)31)8-13(25)26/h9-12,14-15H,5-8,20-21H2,1-4H3,(H,22,29)(H,23,27)(H,24,28)(H,25,26)(H,30,31)/t10-,11-,12-,14-,15-/m0/s1. The lowest BCUT2D eigenvalue weighted by Gasteiger charge is -2.27. The number of nitrogens with two attached hydrogens (primary N) is 2. The Morgan fingerprint density at radius 2 is 1.42 bits per heavy atom. The van der Waals surface area contributed by atoms with Gasteiger partial charge >= 0.3 is 11.9 Å². The van der Waals surface area contributed by atoms with Crippen LogP contribution in [0.3, 0.4) is 0 Å². The number of carbonyl (C=O) groups is 5. The molecule has 0 radical (unpaired) electrons. The molecule has 12 heteroatoms. The van der Waals surface area contributed by atoms with Gasteiger partial charge in [-0.1, -0.05) is 34.1 Å². The van der Waals surface area contributed by atoms with Crippen molar-refractivity contribution < 1.29 is 34.2 Å². The normalized spacial score (nSPS) is 15.8. The third-order valence-corrected chi connectivity index (χ3v) is 4.89. The van der Waals surface area contributed by atoms with E-state index in [1.165, 1.54) is 0 Å². The number of aliphatic carboxylic acids is 2. The second-order valence-electron chi connectivity index (χ2n) is 7.78. The van der Waals surface area contributed by atoms with Crippen LogP contribution in [0.15, 0.2) is 0 Å². The number of carbonyl (C=O) groups excluding carboxylic acids is 3. The SMILES string of the molecule is CC[C@H](C)[C@H](N)C(=O)N[C@H](C(=O)N[C@@H](CCN)C(=O)N[C@@H](CC(=O)O)C(=O)O)C(C)C. The number of hydrogen-bond donors (Lipinski definition) is 7. The number of rotatable bonds is 14. The zero-order chi connectivity index (χ0) is 24.3. The molecular formula is C19H35N5O7. The first-order valence-corrected chi connectivity index (χ1v) is 10.2. The van der Waals surface area contributed by atoms with Crippen molar-refractivity contribution in [3.8, 4) is 0 Å². The van der Waals surface area contributed by atoms with Crippen LogP contribution >= 0.6 is 0 Å². The van der Waals surface area contributed by atoms with Crippen molar-refractivity contribution in [1.29, 1.82) is 0 Å². The van der Waals surface area contributed by atoms with Crippen molar-refractivity contribution in [3.63, 3.8) is 0 Å². The van der Waals surface area contributed by atoms with E-state index in [1.807, 2.05) is 13.8 Å². The largest absolute Gasteiger partial charge is 0.481 e. The van der Waals surface area contributed by atoms with Crippen molar-refractivity contribution in [3.05, 3.63) is 0 Å². The van der Waals surface area contributed by atoms with E-state index in [0.29, 0.717) is 6.42 Å². The molecule has 5 atom stereocenters. The molecule has 12 nitrogen and oxygen atoms in total. The molecule has 0 rings (SSSR count). The predicted molar refractivity (Wildman–Crippen MR) is 112 cm³/mol. The average Bonchev–Trinajstić information content (AvgIpc) is 2.68. The molecule has 0 saturated heterocycles. The van der Waals surface area contributed by atoms with Crippen LogP contribution in [0.5, 0.6) is 0 Å². The number of hydrogen-bond acceptors (Lipinski definition) is 7. The molecule has 0 aliphatic carbocycles.